The number of rotatable bonds is 12. The lowest BCUT2D eigenvalue weighted by molar-refractivity contribution is -0.145. The van der Waals surface area contributed by atoms with Gasteiger partial charge in [-0.1, -0.05) is 77.8 Å². The highest BCUT2D eigenvalue weighted by atomic mass is 16.6. The van der Waals surface area contributed by atoms with E-state index in [2.05, 4.69) is 21.3 Å². The third kappa shape index (κ3) is 9.10. The summed E-state index contributed by atoms with van der Waals surface area (Å²) in [5.41, 5.74) is -0.772. The van der Waals surface area contributed by atoms with Gasteiger partial charge in [-0.2, -0.15) is 0 Å². The summed E-state index contributed by atoms with van der Waals surface area (Å²) in [6.45, 7) is 15.0. The van der Waals surface area contributed by atoms with Crippen molar-refractivity contribution in [3.05, 3.63) is 35.9 Å². The van der Waals surface area contributed by atoms with E-state index in [1.807, 2.05) is 65.0 Å². The van der Waals surface area contributed by atoms with Crippen LogP contribution in [0.15, 0.2) is 30.3 Å². The molecule has 12 heteroatoms. The minimum atomic E-state index is -1.10. The van der Waals surface area contributed by atoms with Crippen LogP contribution in [-0.4, -0.2) is 77.2 Å². The van der Waals surface area contributed by atoms with Crippen molar-refractivity contribution < 1.29 is 33.5 Å². The van der Waals surface area contributed by atoms with E-state index < -0.39 is 64.6 Å². The lowest BCUT2D eigenvalue weighted by atomic mass is 9.85. The molecule has 1 aromatic carbocycles. The molecule has 2 aliphatic carbocycles. The quantitative estimate of drug-likeness (QED) is 0.252. The number of piperidine rings is 1. The summed E-state index contributed by atoms with van der Waals surface area (Å²) in [6.07, 6.45) is 1.34. The second-order valence-electron chi connectivity index (χ2n) is 15.9. The molecular formula is C35H51N5O7. The standard InChI is InChI=1S/C35H51N5O7/c1-33(2,3)28(39-32(46)47-34(4,5)6)31(45)40-19-22-25(35(22,7)8)26(40)29(43)38-23(16-20-14-15-20)27(42)30(44)37-18-24(41)36-17-21-12-10-9-11-13-21/h9-13,20,22-23,25-26,28H,14-19H2,1-8H3,(H,36,41)(H,37,44)(H,38,43)(H,39,46)/t22?,23?,25-,26?,28+/m0/s1. The van der Waals surface area contributed by atoms with E-state index in [1.54, 1.807) is 20.8 Å². The lowest BCUT2D eigenvalue weighted by Gasteiger charge is -2.38. The molecule has 12 nitrogen and oxygen atoms in total. The Kier molecular flexibility index (Phi) is 10.4. The minimum absolute atomic E-state index is 0.0691. The number of hydrogen-bond donors (Lipinski definition) is 4. The number of carbonyl (C=O) groups is 6. The molecule has 3 aliphatic rings. The largest absolute Gasteiger partial charge is 0.444 e. The maximum atomic E-state index is 14.1. The second kappa shape index (κ2) is 13.6. The molecule has 1 heterocycles. The van der Waals surface area contributed by atoms with Gasteiger partial charge < -0.3 is 30.9 Å². The van der Waals surface area contributed by atoms with Gasteiger partial charge in [0.25, 0.3) is 5.91 Å². The molecule has 1 aromatic rings. The van der Waals surface area contributed by atoms with Gasteiger partial charge >= 0.3 is 6.09 Å². The molecule has 2 saturated carbocycles. The minimum Gasteiger partial charge on any atom is -0.444 e. The van der Waals surface area contributed by atoms with E-state index >= 15 is 0 Å². The van der Waals surface area contributed by atoms with Crippen molar-refractivity contribution in [3.63, 3.8) is 0 Å². The number of benzene rings is 1. The summed E-state index contributed by atoms with van der Waals surface area (Å²) >= 11 is 0. The average molecular weight is 654 g/mol. The number of amides is 5. The Hall–Kier alpha value is -3.96. The van der Waals surface area contributed by atoms with E-state index in [1.165, 1.54) is 4.90 Å². The number of ketones is 1. The fourth-order valence-corrected chi connectivity index (χ4v) is 6.49. The molecule has 258 valence electrons. The third-order valence-corrected chi connectivity index (χ3v) is 9.40. The topological polar surface area (TPSA) is 163 Å². The van der Waals surface area contributed by atoms with Gasteiger partial charge in [0.2, 0.25) is 23.5 Å². The molecule has 3 unspecified atom stereocenters. The number of nitrogens with zero attached hydrogens (tertiary/aromatic N) is 1. The van der Waals surface area contributed by atoms with Crippen molar-refractivity contribution in [3.8, 4) is 0 Å². The smallest absolute Gasteiger partial charge is 0.408 e. The molecule has 4 N–H and O–H groups in total. The van der Waals surface area contributed by atoms with Crippen LogP contribution in [0.5, 0.6) is 0 Å². The van der Waals surface area contributed by atoms with Crippen LogP contribution in [0.1, 0.15) is 80.2 Å². The summed E-state index contributed by atoms with van der Waals surface area (Å²) in [7, 11) is 0. The zero-order chi connectivity index (χ0) is 34.9. The van der Waals surface area contributed by atoms with Gasteiger partial charge in [0, 0.05) is 13.1 Å². The molecule has 0 spiro atoms. The van der Waals surface area contributed by atoms with E-state index in [-0.39, 0.29) is 36.3 Å². The van der Waals surface area contributed by atoms with Crippen LogP contribution >= 0.6 is 0 Å². The number of hydrogen-bond acceptors (Lipinski definition) is 7. The Morgan fingerprint density at radius 1 is 0.936 bits per heavy atom. The fraction of sp³-hybridized carbons (Fsp3) is 0.657. The summed E-state index contributed by atoms with van der Waals surface area (Å²) in [5, 5.41) is 10.6. The summed E-state index contributed by atoms with van der Waals surface area (Å²) in [4.78, 5) is 81.0. The second-order valence-corrected chi connectivity index (χ2v) is 15.9. The molecule has 0 bridgehead atoms. The Morgan fingerprint density at radius 3 is 2.15 bits per heavy atom. The maximum Gasteiger partial charge on any atom is 0.408 e. The van der Waals surface area contributed by atoms with Crippen LogP contribution in [0, 0.1) is 28.6 Å². The van der Waals surface area contributed by atoms with E-state index in [0.717, 1.165) is 18.4 Å². The lowest BCUT2D eigenvalue weighted by Crippen LogP contribution is -2.61. The number of alkyl carbamates (subject to hydrolysis) is 1. The van der Waals surface area contributed by atoms with Crippen LogP contribution in [0.3, 0.4) is 0 Å². The zero-order valence-corrected chi connectivity index (χ0v) is 28.9. The van der Waals surface area contributed by atoms with Gasteiger partial charge in [-0.3, -0.25) is 24.0 Å². The number of carbonyl (C=O) groups excluding carboxylic acids is 6. The molecule has 0 radical (unpaired) electrons. The van der Waals surface area contributed by atoms with Crippen molar-refractivity contribution in [1.29, 1.82) is 0 Å². The van der Waals surface area contributed by atoms with Crippen LogP contribution < -0.4 is 21.3 Å². The number of likely N-dealkylation sites (tertiary alicyclic amines) is 1. The molecule has 3 fully saturated rings. The highest BCUT2D eigenvalue weighted by molar-refractivity contribution is 6.38. The van der Waals surface area contributed by atoms with E-state index in [0.29, 0.717) is 13.0 Å². The predicted octanol–water partition coefficient (Wildman–Crippen LogP) is 2.70. The molecule has 4 rings (SSSR count). The molecule has 1 aliphatic heterocycles. The van der Waals surface area contributed by atoms with Crippen molar-refractivity contribution in [2.24, 2.45) is 28.6 Å². The van der Waals surface area contributed by atoms with Gasteiger partial charge in [0.1, 0.15) is 17.7 Å². The van der Waals surface area contributed by atoms with Gasteiger partial charge in [0.05, 0.1) is 12.6 Å². The Bertz CT molecular complexity index is 1380. The number of ether oxygens (including phenoxy) is 1. The number of nitrogens with one attached hydrogen (secondary N) is 4. The van der Waals surface area contributed by atoms with Crippen LogP contribution in [-0.2, 0) is 35.3 Å². The fourth-order valence-electron chi connectivity index (χ4n) is 6.49. The van der Waals surface area contributed by atoms with E-state index in [9.17, 15) is 28.8 Å². The molecule has 1 saturated heterocycles. The van der Waals surface area contributed by atoms with Crippen LogP contribution in [0.25, 0.3) is 0 Å². The highest BCUT2D eigenvalue weighted by Crippen LogP contribution is 2.65. The predicted molar refractivity (Wildman–Crippen MR) is 174 cm³/mol. The van der Waals surface area contributed by atoms with Gasteiger partial charge in [-0.05, 0) is 61.3 Å². The van der Waals surface area contributed by atoms with Crippen molar-refractivity contribution in [1.82, 2.24) is 26.2 Å². The SMILES string of the molecule is CC(C)(C)OC(=O)N[C@H](C(=O)N1CC2[C@@H](C1C(=O)NC(CC1CC1)C(=O)C(=O)NCC(=O)NCc1ccccc1)C2(C)C)C(C)(C)C. The molecule has 5 amide bonds. The van der Waals surface area contributed by atoms with E-state index in [4.69, 9.17) is 4.74 Å². The average Bonchev–Trinajstić information content (AvgIpc) is 3.83. The summed E-state index contributed by atoms with van der Waals surface area (Å²) < 4.78 is 5.43. The molecular weight excluding hydrogens is 602 g/mol. The van der Waals surface area contributed by atoms with Crippen molar-refractivity contribution in [2.75, 3.05) is 13.1 Å². The Morgan fingerprint density at radius 2 is 1.57 bits per heavy atom. The normalized spacial score (nSPS) is 22.6. The first kappa shape index (κ1) is 35.9. The maximum absolute atomic E-state index is 14.1. The van der Waals surface area contributed by atoms with Crippen LogP contribution in [0.4, 0.5) is 4.79 Å². The molecule has 47 heavy (non-hydrogen) atoms. The summed E-state index contributed by atoms with van der Waals surface area (Å²) in [6, 6.07) is 6.34. The number of fused-ring (bicyclic) bond motifs is 1. The van der Waals surface area contributed by atoms with Gasteiger partial charge in [0.15, 0.2) is 0 Å². The molecule has 0 aromatic heterocycles. The van der Waals surface area contributed by atoms with Crippen LogP contribution in [0.2, 0.25) is 0 Å². The van der Waals surface area contributed by atoms with Crippen molar-refractivity contribution in [2.45, 2.75) is 105 Å². The first-order valence-corrected chi connectivity index (χ1v) is 16.5. The van der Waals surface area contributed by atoms with Crippen molar-refractivity contribution >= 4 is 35.5 Å². The monoisotopic (exact) mass is 653 g/mol. The Labute approximate surface area is 277 Å². The molecule has 5 atom stereocenters. The first-order chi connectivity index (χ1) is 21.8. The van der Waals surface area contributed by atoms with Gasteiger partial charge in [-0.15, -0.1) is 0 Å². The zero-order valence-electron chi connectivity index (χ0n) is 28.9. The summed E-state index contributed by atoms with van der Waals surface area (Å²) in [5.74, 6) is -3.03. The number of Topliss-reactive ketones (excluding diaryl/α,β-unsaturated/α-hetero) is 1. The van der Waals surface area contributed by atoms with Gasteiger partial charge in [-0.25, -0.2) is 4.79 Å². The first-order valence-electron chi connectivity index (χ1n) is 16.5. The Balaban J connectivity index is 1.44. The highest BCUT2D eigenvalue weighted by Gasteiger charge is 2.70. The third-order valence-electron chi connectivity index (χ3n) is 9.40.